The summed E-state index contributed by atoms with van der Waals surface area (Å²) in [5, 5.41) is 0. The molecule has 3 aliphatic rings. The molecule has 4 unspecified atom stereocenters. The second-order valence-corrected chi connectivity index (χ2v) is 6.35. The maximum absolute atomic E-state index is 12.6. The highest BCUT2D eigenvalue weighted by Gasteiger charge is 2.67. The summed E-state index contributed by atoms with van der Waals surface area (Å²) in [4.78, 5) is 18.4. The second-order valence-electron chi connectivity index (χ2n) is 6.35. The molecule has 2 N–H and O–H groups in total. The molecule has 1 aromatic heterocycles. The van der Waals surface area contributed by atoms with Crippen molar-refractivity contribution < 1.29 is 4.79 Å². The Morgan fingerprint density at radius 1 is 1.37 bits per heavy atom. The van der Waals surface area contributed by atoms with Gasteiger partial charge >= 0.3 is 0 Å². The van der Waals surface area contributed by atoms with E-state index in [1.54, 1.807) is 17.3 Å². The van der Waals surface area contributed by atoms with Gasteiger partial charge < -0.3 is 10.6 Å². The van der Waals surface area contributed by atoms with Crippen molar-refractivity contribution in [3.05, 3.63) is 18.5 Å². The van der Waals surface area contributed by atoms with E-state index in [1.807, 2.05) is 13.1 Å². The summed E-state index contributed by atoms with van der Waals surface area (Å²) >= 11 is 0. The third kappa shape index (κ3) is 1.46. The Morgan fingerprint density at radius 2 is 2.05 bits per heavy atom. The van der Waals surface area contributed by atoms with Crippen LogP contribution in [0.25, 0.3) is 0 Å². The fourth-order valence-corrected chi connectivity index (χ4v) is 4.70. The van der Waals surface area contributed by atoms with Crippen LogP contribution in [0.15, 0.2) is 18.5 Å². The summed E-state index contributed by atoms with van der Waals surface area (Å²) in [6.45, 7) is 0. The van der Waals surface area contributed by atoms with E-state index >= 15 is 0 Å². The summed E-state index contributed by atoms with van der Waals surface area (Å²) in [6, 6.07) is 1.82. The number of hydrogen-bond donors (Lipinski definition) is 1. The van der Waals surface area contributed by atoms with Crippen LogP contribution in [0.1, 0.15) is 19.3 Å². The Balaban J connectivity index is 1.55. The molecule has 0 saturated heterocycles. The van der Waals surface area contributed by atoms with Gasteiger partial charge in [0.1, 0.15) is 0 Å². The van der Waals surface area contributed by atoms with Crippen molar-refractivity contribution in [2.24, 2.45) is 29.6 Å². The molecule has 0 aromatic carbocycles. The van der Waals surface area contributed by atoms with Gasteiger partial charge in [0.25, 0.3) is 0 Å². The highest BCUT2D eigenvalue weighted by Crippen LogP contribution is 2.69. The number of pyridine rings is 1. The Labute approximate surface area is 113 Å². The largest absolute Gasteiger partial charge is 0.396 e. The molecule has 4 rings (SSSR count). The fraction of sp³-hybridized carbons (Fsp3) is 0.600. The van der Waals surface area contributed by atoms with E-state index in [4.69, 9.17) is 5.73 Å². The van der Waals surface area contributed by atoms with Crippen molar-refractivity contribution in [1.29, 1.82) is 0 Å². The molecule has 2 bridgehead atoms. The van der Waals surface area contributed by atoms with Crippen molar-refractivity contribution in [1.82, 2.24) is 4.98 Å². The molecule has 0 radical (unpaired) electrons. The molecule has 1 aromatic rings. The molecule has 4 nitrogen and oxygen atoms in total. The van der Waals surface area contributed by atoms with Gasteiger partial charge in [-0.15, -0.1) is 0 Å². The van der Waals surface area contributed by atoms with Crippen LogP contribution in [0, 0.1) is 29.6 Å². The maximum Gasteiger partial charge on any atom is 0.230 e. The number of rotatable bonds is 2. The lowest BCUT2D eigenvalue weighted by Crippen LogP contribution is -2.30. The highest BCUT2D eigenvalue weighted by molar-refractivity contribution is 5.99. The lowest BCUT2D eigenvalue weighted by Gasteiger charge is -2.20. The molecule has 100 valence electrons. The smallest absolute Gasteiger partial charge is 0.230 e. The second kappa shape index (κ2) is 3.71. The first kappa shape index (κ1) is 11.3. The number of hydrogen-bond acceptors (Lipinski definition) is 3. The Kier molecular flexibility index (Phi) is 2.20. The van der Waals surface area contributed by atoms with Crippen molar-refractivity contribution in [3.8, 4) is 0 Å². The first-order chi connectivity index (χ1) is 9.18. The molecule has 0 aliphatic heterocycles. The average molecular weight is 257 g/mol. The minimum atomic E-state index is 0.254. The van der Waals surface area contributed by atoms with E-state index in [9.17, 15) is 4.79 Å². The zero-order chi connectivity index (χ0) is 13.1. The number of aromatic nitrogens is 1. The number of carbonyl (C=O) groups is 1. The van der Waals surface area contributed by atoms with E-state index in [0.29, 0.717) is 17.5 Å². The number of carbonyl (C=O) groups excluding carboxylic acids is 1. The molecule has 1 amide bonds. The van der Waals surface area contributed by atoms with Gasteiger partial charge in [0.2, 0.25) is 5.91 Å². The zero-order valence-corrected chi connectivity index (χ0v) is 11.1. The number of nitrogen functional groups attached to an aromatic ring is 1. The molecule has 19 heavy (non-hydrogen) atoms. The van der Waals surface area contributed by atoms with Gasteiger partial charge in [-0.2, -0.15) is 0 Å². The van der Waals surface area contributed by atoms with Crippen LogP contribution in [-0.2, 0) is 4.79 Å². The molecule has 3 fully saturated rings. The first-order valence-corrected chi connectivity index (χ1v) is 7.15. The highest BCUT2D eigenvalue weighted by atomic mass is 16.2. The minimum Gasteiger partial charge on any atom is -0.396 e. The summed E-state index contributed by atoms with van der Waals surface area (Å²) < 4.78 is 0. The number of nitrogens with two attached hydrogens (primary N) is 1. The normalized spacial score (nSPS) is 38.1. The average Bonchev–Trinajstić information content (AvgIpc) is 2.85. The van der Waals surface area contributed by atoms with Crippen LogP contribution < -0.4 is 10.6 Å². The molecule has 4 heteroatoms. The van der Waals surface area contributed by atoms with E-state index in [-0.39, 0.29) is 11.8 Å². The fourth-order valence-electron chi connectivity index (χ4n) is 4.70. The summed E-state index contributed by atoms with van der Waals surface area (Å²) in [5.41, 5.74) is 7.27. The summed E-state index contributed by atoms with van der Waals surface area (Å²) in [7, 11) is 1.84. The van der Waals surface area contributed by atoms with Crippen molar-refractivity contribution in [2.75, 3.05) is 17.7 Å². The SMILES string of the molecule is CN(C(=O)C1C2C3CCC(C3)C12)c1ccncc1N. The van der Waals surface area contributed by atoms with Crippen molar-refractivity contribution in [2.45, 2.75) is 19.3 Å². The maximum atomic E-state index is 12.6. The lowest BCUT2D eigenvalue weighted by atomic mass is 10.0. The van der Waals surface area contributed by atoms with Crippen LogP contribution in [-0.4, -0.2) is 17.9 Å². The Morgan fingerprint density at radius 3 is 2.68 bits per heavy atom. The number of fused-ring (bicyclic) bond motifs is 5. The van der Waals surface area contributed by atoms with Crippen LogP contribution in [0.4, 0.5) is 11.4 Å². The topological polar surface area (TPSA) is 59.2 Å². The monoisotopic (exact) mass is 257 g/mol. The molecule has 0 spiro atoms. The molecule has 3 aliphatic carbocycles. The van der Waals surface area contributed by atoms with Gasteiger partial charge in [0, 0.05) is 19.2 Å². The molecular formula is C15H19N3O. The van der Waals surface area contributed by atoms with Crippen LogP contribution in [0.3, 0.4) is 0 Å². The molecular weight excluding hydrogens is 238 g/mol. The van der Waals surface area contributed by atoms with E-state index < -0.39 is 0 Å². The van der Waals surface area contributed by atoms with Crippen molar-refractivity contribution >= 4 is 17.3 Å². The third-order valence-electron chi connectivity index (χ3n) is 5.54. The summed E-state index contributed by atoms with van der Waals surface area (Å²) in [5.74, 6) is 3.53. The molecule has 1 heterocycles. The predicted molar refractivity (Wildman–Crippen MR) is 73.4 cm³/mol. The minimum absolute atomic E-state index is 0.254. The Bertz CT molecular complexity index is 528. The molecule has 3 saturated carbocycles. The van der Waals surface area contributed by atoms with E-state index in [2.05, 4.69) is 4.98 Å². The number of amides is 1. The van der Waals surface area contributed by atoms with Crippen LogP contribution in [0.2, 0.25) is 0 Å². The quantitative estimate of drug-likeness (QED) is 0.880. The van der Waals surface area contributed by atoms with Gasteiger partial charge in [0.05, 0.1) is 17.6 Å². The molecule has 4 atom stereocenters. The van der Waals surface area contributed by atoms with Crippen molar-refractivity contribution in [3.63, 3.8) is 0 Å². The van der Waals surface area contributed by atoms with Gasteiger partial charge in [0.15, 0.2) is 0 Å². The van der Waals surface area contributed by atoms with Crippen LogP contribution >= 0.6 is 0 Å². The number of anilines is 2. The van der Waals surface area contributed by atoms with Crippen LogP contribution in [0.5, 0.6) is 0 Å². The van der Waals surface area contributed by atoms with Gasteiger partial charge in [-0.25, -0.2) is 0 Å². The van der Waals surface area contributed by atoms with Gasteiger partial charge in [-0.3, -0.25) is 9.78 Å². The predicted octanol–water partition coefficient (Wildman–Crippen LogP) is 1.92. The lowest BCUT2D eigenvalue weighted by molar-refractivity contribution is -0.120. The van der Waals surface area contributed by atoms with Gasteiger partial charge in [-0.05, 0) is 49.0 Å². The third-order valence-corrected chi connectivity index (χ3v) is 5.54. The first-order valence-electron chi connectivity index (χ1n) is 7.15. The number of nitrogens with zero attached hydrogens (tertiary/aromatic N) is 2. The van der Waals surface area contributed by atoms with Gasteiger partial charge in [-0.1, -0.05) is 0 Å². The summed E-state index contributed by atoms with van der Waals surface area (Å²) in [6.07, 6.45) is 7.36. The zero-order valence-electron chi connectivity index (χ0n) is 11.1. The van der Waals surface area contributed by atoms with E-state index in [0.717, 1.165) is 17.5 Å². The standard InChI is InChI=1S/C15H19N3O/c1-18(11-4-5-17-7-10(11)16)15(19)14-12-8-2-3-9(6-8)13(12)14/h4-5,7-9,12-14H,2-3,6,16H2,1H3. The van der Waals surface area contributed by atoms with E-state index in [1.165, 1.54) is 19.3 Å². The Hall–Kier alpha value is -1.58.